The summed E-state index contributed by atoms with van der Waals surface area (Å²) in [5.41, 5.74) is 1.74. The van der Waals surface area contributed by atoms with Crippen LogP contribution in [0.1, 0.15) is 26.1 Å². The van der Waals surface area contributed by atoms with Gasteiger partial charge in [0.05, 0.1) is 6.42 Å². The molecule has 2 heterocycles. The van der Waals surface area contributed by atoms with Crippen LogP contribution in [-0.4, -0.2) is 20.3 Å². The molecule has 0 unspecified atom stereocenters. The van der Waals surface area contributed by atoms with Crippen molar-refractivity contribution in [2.24, 2.45) is 0 Å². The van der Waals surface area contributed by atoms with Crippen molar-refractivity contribution in [1.29, 1.82) is 0 Å². The summed E-state index contributed by atoms with van der Waals surface area (Å²) in [5.74, 6) is 0.954. The van der Waals surface area contributed by atoms with E-state index in [1.54, 1.807) is 13.1 Å². The van der Waals surface area contributed by atoms with E-state index in [2.05, 4.69) is 16.9 Å². The maximum Gasteiger partial charge on any atom is 0.159 e. The lowest BCUT2D eigenvalue weighted by molar-refractivity contribution is -0.116. The van der Waals surface area contributed by atoms with E-state index in [4.69, 9.17) is 0 Å². The number of hydrogen-bond donors (Lipinski definition) is 0. The number of pyridine rings is 1. The summed E-state index contributed by atoms with van der Waals surface area (Å²) in [5, 5.41) is 0. The number of hydrogen-bond acceptors (Lipinski definition) is 3. The Morgan fingerprint density at radius 3 is 3.00 bits per heavy atom. The first-order valence-electron chi connectivity index (χ1n) is 5.52. The van der Waals surface area contributed by atoms with Gasteiger partial charge in [-0.3, -0.25) is 4.79 Å². The van der Waals surface area contributed by atoms with Crippen molar-refractivity contribution in [3.63, 3.8) is 0 Å². The van der Waals surface area contributed by atoms with Crippen molar-refractivity contribution in [3.05, 3.63) is 24.2 Å². The van der Waals surface area contributed by atoms with E-state index in [1.165, 1.54) is 0 Å². The summed E-state index contributed by atoms with van der Waals surface area (Å²) < 4.78 is 2.04. The van der Waals surface area contributed by atoms with E-state index >= 15 is 0 Å². The Hall–Kier alpha value is -1.71. The minimum atomic E-state index is 0.132. The first kappa shape index (κ1) is 10.8. The molecule has 0 amide bonds. The zero-order valence-electron chi connectivity index (χ0n) is 9.60. The molecule has 84 valence electrons. The lowest BCUT2D eigenvalue weighted by Crippen LogP contribution is -2.08. The van der Waals surface area contributed by atoms with Crippen LogP contribution in [0.2, 0.25) is 0 Å². The highest BCUT2D eigenvalue weighted by molar-refractivity contribution is 5.79. The lowest BCUT2D eigenvalue weighted by atomic mass is 10.3. The van der Waals surface area contributed by atoms with Crippen molar-refractivity contribution in [1.82, 2.24) is 14.5 Å². The average Bonchev–Trinajstić information content (AvgIpc) is 2.57. The molecule has 0 radical (unpaired) electrons. The molecule has 0 aliphatic carbocycles. The molecule has 0 atom stereocenters. The molecule has 2 aromatic rings. The molecular weight excluding hydrogens is 202 g/mol. The van der Waals surface area contributed by atoms with Gasteiger partial charge in [0.15, 0.2) is 5.65 Å². The molecule has 0 aliphatic rings. The number of nitrogens with zero attached hydrogens (tertiary/aromatic N) is 3. The minimum Gasteiger partial charge on any atom is -0.312 e. The van der Waals surface area contributed by atoms with E-state index in [9.17, 15) is 4.79 Å². The number of fused-ring (bicyclic) bond motifs is 1. The topological polar surface area (TPSA) is 47.8 Å². The van der Waals surface area contributed by atoms with Gasteiger partial charge in [0.25, 0.3) is 0 Å². The van der Waals surface area contributed by atoms with Crippen LogP contribution in [0.15, 0.2) is 18.3 Å². The second-order valence-corrected chi connectivity index (χ2v) is 3.90. The molecular formula is C12H15N3O. The number of imidazole rings is 1. The van der Waals surface area contributed by atoms with Crippen molar-refractivity contribution in [2.45, 2.75) is 33.2 Å². The maximum atomic E-state index is 11.2. The van der Waals surface area contributed by atoms with Crippen LogP contribution in [0.3, 0.4) is 0 Å². The van der Waals surface area contributed by atoms with E-state index in [-0.39, 0.29) is 5.78 Å². The van der Waals surface area contributed by atoms with Gasteiger partial charge in [-0.1, -0.05) is 6.92 Å². The zero-order valence-corrected chi connectivity index (χ0v) is 9.60. The van der Waals surface area contributed by atoms with Crippen molar-refractivity contribution in [3.8, 4) is 0 Å². The average molecular weight is 217 g/mol. The predicted molar refractivity (Wildman–Crippen MR) is 62.2 cm³/mol. The third-order valence-electron chi connectivity index (χ3n) is 2.44. The van der Waals surface area contributed by atoms with Gasteiger partial charge < -0.3 is 4.57 Å². The molecule has 0 spiro atoms. The van der Waals surface area contributed by atoms with Crippen molar-refractivity contribution in [2.75, 3.05) is 0 Å². The molecule has 4 heteroatoms. The number of aryl methyl sites for hydroxylation is 1. The molecule has 2 aromatic heterocycles. The zero-order chi connectivity index (χ0) is 11.5. The van der Waals surface area contributed by atoms with Gasteiger partial charge in [0, 0.05) is 12.7 Å². The van der Waals surface area contributed by atoms with Crippen LogP contribution in [0.4, 0.5) is 0 Å². The maximum absolute atomic E-state index is 11.2. The molecule has 4 nitrogen and oxygen atoms in total. The molecule has 0 aliphatic heterocycles. The fraction of sp³-hybridized carbons (Fsp3) is 0.417. The molecule has 0 fully saturated rings. The summed E-state index contributed by atoms with van der Waals surface area (Å²) in [6, 6.07) is 3.79. The summed E-state index contributed by atoms with van der Waals surface area (Å²) in [7, 11) is 0. The number of aromatic nitrogens is 3. The van der Waals surface area contributed by atoms with Gasteiger partial charge in [0.2, 0.25) is 0 Å². The van der Waals surface area contributed by atoms with Crippen molar-refractivity contribution >= 4 is 16.9 Å². The summed E-state index contributed by atoms with van der Waals surface area (Å²) in [6.45, 7) is 4.55. The highest BCUT2D eigenvalue weighted by Gasteiger charge is 2.11. The molecule has 0 bridgehead atoms. The molecule has 0 N–H and O–H groups in total. The second-order valence-electron chi connectivity index (χ2n) is 3.90. The Labute approximate surface area is 94.3 Å². The minimum absolute atomic E-state index is 0.132. The van der Waals surface area contributed by atoms with Gasteiger partial charge in [-0.25, -0.2) is 9.97 Å². The SMILES string of the molecule is CCCn1c(CC(C)=O)nc2cccnc21. The second kappa shape index (κ2) is 4.43. The van der Waals surface area contributed by atoms with Crippen molar-refractivity contribution < 1.29 is 4.79 Å². The highest BCUT2D eigenvalue weighted by Crippen LogP contribution is 2.14. The van der Waals surface area contributed by atoms with Gasteiger partial charge in [0.1, 0.15) is 17.1 Å². The van der Waals surface area contributed by atoms with Crippen LogP contribution in [-0.2, 0) is 17.8 Å². The van der Waals surface area contributed by atoms with E-state index in [0.717, 1.165) is 30.0 Å². The Kier molecular flexibility index (Phi) is 2.99. The van der Waals surface area contributed by atoms with Crippen LogP contribution >= 0.6 is 0 Å². The van der Waals surface area contributed by atoms with Crippen LogP contribution in [0.25, 0.3) is 11.2 Å². The van der Waals surface area contributed by atoms with Crippen LogP contribution in [0.5, 0.6) is 0 Å². The van der Waals surface area contributed by atoms with Gasteiger partial charge in [-0.2, -0.15) is 0 Å². The fourth-order valence-corrected chi connectivity index (χ4v) is 1.82. The molecule has 0 aromatic carbocycles. The normalized spacial score (nSPS) is 10.9. The molecule has 16 heavy (non-hydrogen) atoms. The Morgan fingerprint density at radius 1 is 1.50 bits per heavy atom. The molecule has 0 saturated heterocycles. The number of carbonyl (C=O) groups is 1. The summed E-state index contributed by atoms with van der Waals surface area (Å²) >= 11 is 0. The predicted octanol–water partition coefficient (Wildman–Crippen LogP) is 1.97. The number of rotatable bonds is 4. The lowest BCUT2D eigenvalue weighted by Gasteiger charge is -2.04. The Balaban J connectivity index is 2.53. The van der Waals surface area contributed by atoms with E-state index in [1.807, 2.05) is 16.7 Å². The quantitative estimate of drug-likeness (QED) is 0.786. The number of carbonyl (C=O) groups excluding carboxylic acids is 1. The smallest absolute Gasteiger partial charge is 0.159 e. The third kappa shape index (κ3) is 1.96. The highest BCUT2D eigenvalue weighted by atomic mass is 16.1. The van der Waals surface area contributed by atoms with Gasteiger partial charge in [-0.05, 0) is 25.5 Å². The Bertz CT molecular complexity index is 516. The van der Waals surface area contributed by atoms with Crippen LogP contribution < -0.4 is 0 Å². The summed E-state index contributed by atoms with van der Waals surface area (Å²) in [6.07, 6.45) is 3.15. The van der Waals surface area contributed by atoms with E-state index in [0.29, 0.717) is 6.42 Å². The van der Waals surface area contributed by atoms with Gasteiger partial charge in [-0.15, -0.1) is 0 Å². The molecule has 2 rings (SSSR count). The Morgan fingerprint density at radius 2 is 2.31 bits per heavy atom. The monoisotopic (exact) mass is 217 g/mol. The van der Waals surface area contributed by atoms with Gasteiger partial charge >= 0.3 is 0 Å². The van der Waals surface area contributed by atoms with Crippen LogP contribution in [0, 0.1) is 0 Å². The first-order valence-corrected chi connectivity index (χ1v) is 5.52. The standard InChI is InChI=1S/C12H15N3O/c1-3-7-15-11(8-9(2)16)14-10-5-4-6-13-12(10)15/h4-6H,3,7-8H2,1-2H3. The molecule has 0 saturated carbocycles. The largest absolute Gasteiger partial charge is 0.312 e. The third-order valence-corrected chi connectivity index (χ3v) is 2.44. The first-order chi connectivity index (χ1) is 7.72. The fourth-order valence-electron chi connectivity index (χ4n) is 1.82. The van der Waals surface area contributed by atoms with E-state index < -0.39 is 0 Å². The number of ketones is 1. The summed E-state index contributed by atoms with van der Waals surface area (Å²) in [4.78, 5) is 19.9. The number of Topliss-reactive ketones (excluding diaryl/α,β-unsaturated/α-hetero) is 1.